The first-order chi connectivity index (χ1) is 14.1. The molecule has 144 valence electrons. The fraction of sp³-hybridized carbons (Fsp3) is 0. The smallest absolute Gasteiger partial charge is 0.267 e. The van der Waals surface area contributed by atoms with Crippen LogP contribution in [0.25, 0.3) is 16.1 Å². The molecule has 0 radical (unpaired) electrons. The van der Waals surface area contributed by atoms with Crippen LogP contribution in [0, 0.1) is 5.82 Å². The molecular weight excluding hydrogens is 391 g/mol. The van der Waals surface area contributed by atoms with Gasteiger partial charge in [0.25, 0.3) is 11.8 Å². The Bertz CT molecular complexity index is 1140. The second-order valence-electron chi connectivity index (χ2n) is 6.08. The highest BCUT2D eigenvalue weighted by molar-refractivity contribution is 7.17. The topological polar surface area (TPSA) is 76.0 Å². The first-order valence-corrected chi connectivity index (χ1v) is 9.48. The van der Waals surface area contributed by atoms with Gasteiger partial charge in [-0.3, -0.25) is 20.4 Å². The number of hydrogen-bond donors (Lipinski definition) is 2. The Kier molecular flexibility index (Phi) is 5.17. The Labute approximate surface area is 169 Å². The van der Waals surface area contributed by atoms with Gasteiger partial charge in [0.2, 0.25) is 0 Å². The van der Waals surface area contributed by atoms with E-state index in [1.165, 1.54) is 23.5 Å². The first kappa shape index (κ1) is 18.6. The number of rotatable bonds is 4. The first-order valence-electron chi connectivity index (χ1n) is 8.67. The second-order valence-corrected chi connectivity index (χ2v) is 7.16. The van der Waals surface area contributed by atoms with Crippen molar-refractivity contribution in [3.63, 3.8) is 0 Å². The summed E-state index contributed by atoms with van der Waals surface area (Å²) in [7, 11) is 0. The number of halogens is 1. The molecule has 2 amide bonds. The van der Waals surface area contributed by atoms with Crippen molar-refractivity contribution in [2.75, 3.05) is 0 Å². The van der Waals surface area contributed by atoms with Crippen molar-refractivity contribution < 1.29 is 14.0 Å². The highest BCUT2D eigenvalue weighted by Crippen LogP contribution is 2.28. The monoisotopic (exact) mass is 406 g/mol. The standard InChI is InChI=1S/C21H15FN4O2S/c22-16-6-2-14(3-7-16)18-10-11-19(29-18)21(28)25-24-20(27)15-4-8-17(9-5-15)26-13-1-12-23-26/h1-13H,(H,24,27)(H,25,28). The summed E-state index contributed by atoms with van der Waals surface area (Å²) in [5.74, 6) is -1.17. The van der Waals surface area contributed by atoms with E-state index in [-0.39, 0.29) is 5.82 Å². The molecule has 0 unspecified atom stereocenters. The molecule has 0 bridgehead atoms. The van der Waals surface area contributed by atoms with Crippen molar-refractivity contribution in [2.45, 2.75) is 0 Å². The van der Waals surface area contributed by atoms with Crippen LogP contribution in [-0.4, -0.2) is 21.6 Å². The molecular formula is C21H15FN4O2S. The number of aromatic nitrogens is 2. The normalized spacial score (nSPS) is 10.5. The van der Waals surface area contributed by atoms with E-state index >= 15 is 0 Å². The minimum absolute atomic E-state index is 0.316. The molecule has 4 aromatic rings. The average molecular weight is 406 g/mol. The van der Waals surface area contributed by atoms with Gasteiger partial charge in [-0.05, 0) is 60.2 Å². The molecule has 0 aliphatic rings. The lowest BCUT2D eigenvalue weighted by atomic mass is 10.2. The highest BCUT2D eigenvalue weighted by atomic mass is 32.1. The number of hydrazine groups is 1. The van der Waals surface area contributed by atoms with Gasteiger partial charge in [0.15, 0.2) is 0 Å². The SMILES string of the molecule is O=C(NNC(=O)c1ccc(-c2ccc(F)cc2)s1)c1ccc(-n2cccn2)cc1. The third kappa shape index (κ3) is 4.22. The lowest BCUT2D eigenvalue weighted by Crippen LogP contribution is -2.41. The lowest BCUT2D eigenvalue weighted by molar-refractivity contribution is 0.0849. The zero-order chi connectivity index (χ0) is 20.2. The number of benzene rings is 2. The summed E-state index contributed by atoms with van der Waals surface area (Å²) in [6.45, 7) is 0. The van der Waals surface area contributed by atoms with Crippen molar-refractivity contribution >= 4 is 23.2 Å². The maximum Gasteiger partial charge on any atom is 0.279 e. The molecule has 6 nitrogen and oxygen atoms in total. The molecule has 0 aliphatic heterocycles. The van der Waals surface area contributed by atoms with Gasteiger partial charge in [-0.15, -0.1) is 11.3 Å². The van der Waals surface area contributed by atoms with E-state index in [4.69, 9.17) is 0 Å². The van der Waals surface area contributed by atoms with E-state index in [0.717, 1.165) is 16.1 Å². The Hall–Kier alpha value is -3.78. The minimum atomic E-state index is -0.430. The van der Waals surface area contributed by atoms with Gasteiger partial charge in [-0.1, -0.05) is 12.1 Å². The van der Waals surface area contributed by atoms with Gasteiger partial charge in [-0.25, -0.2) is 9.07 Å². The van der Waals surface area contributed by atoms with Crippen LogP contribution in [0.15, 0.2) is 79.1 Å². The van der Waals surface area contributed by atoms with E-state index in [2.05, 4.69) is 16.0 Å². The van der Waals surface area contributed by atoms with Gasteiger partial charge in [0, 0.05) is 22.8 Å². The third-order valence-corrected chi connectivity index (χ3v) is 5.28. The largest absolute Gasteiger partial charge is 0.279 e. The van der Waals surface area contributed by atoms with Gasteiger partial charge in [0.05, 0.1) is 10.6 Å². The minimum Gasteiger partial charge on any atom is -0.267 e. The summed E-state index contributed by atoms with van der Waals surface area (Å²) >= 11 is 1.25. The highest BCUT2D eigenvalue weighted by Gasteiger charge is 2.12. The van der Waals surface area contributed by atoms with Gasteiger partial charge >= 0.3 is 0 Å². The average Bonchev–Trinajstić information content (AvgIpc) is 3.45. The summed E-state index contributed by atoms with van der Waals surface area (Å²) < 4.78 is 14.7. The summed E-state index contributed by atoms with van der Waals surface area (Å²) in [4.78, 5) is 25.8. The molecule has 29 heavy (non-hydrogen) atoms. The van der Waals surface area contributed by atoms with Crippen LogP contribution < -0.4 is 10.9 Å². The molecule has 8 heteroatoms. The van der Waals surface area contributed by atoms with Crippen LogP contribution in [0.3, 0.4) is 0 Å². The second kappa shape index (κ2) is 8.07. The number of carbonyl (C=O) groups excluding carboxylic acids is 2. The predicted molar refractivity (Wildman–Crippen MR) is 108 cm³/mol. The maximum atomic E-state index is 13.0. The maximum absolute atomic E-state index is 13.0. The third-order valence-electron chi connectivity index (χ3n) is 4.15. The number of thiophene rings is 1. The van der Waals surface area contributed by atoms with Crippen LogP contribution in [0.5, 0.6) is 0 Å². The van der Waals surface area contributed by atoms with Crippen LogP contribution in [0.2, 0.25) is 0 Å². The molecule has 0 saturated carbocycles. The number of nitrogens with zero attached hydrogens (tertiary/aromatic N) is 2. The van der Waals surface area contributed by atoms with Crippen molar-refractivity contribution in [1.82, 2.24) is 20.6 Å². The molecule has 0 saturated heterocycles. The zero-order valence-electron chi connectivity index (χ0n) is 15.0. The predicted octanol–water partition coefficient (Wildman–Crippen LogP) is 3.81. The summed E-state index contributed by atoms with van der Waals surface area (Å²) in [5.41, 5.74) is 6.85. The summed E-state index contributed by atoms with van der Waals surface area (Å²) in [6.07, 6.45) is 3.47. The number of amides is 2. The van der Waals surface area contributed by atoms with Crippen LogP contribution in [0.4, 0.5) is 4.39 Å². The Balaban J connectivity index is 1.37. The lowest BCUT2D eigenvalue weighted by Gasteiger charge is -2.07. The number of hydrogen-bond acceptors (Lipinski definition) is 4. The quantitative estimate of drug-likeness (QED) is 0.506. The van der Waals surface area contributed by atoms with Crippen LogP contribution in [-0.2, 0) is 0 Å². The molecule has 2 N–H and O–H groups in total. The Morgan fingerprint density at radius 1 is 0.897 bits per heavy atom. The number of nitrogens with one attached hydrogen (secondary N) is 2. The van der Waals surface area contributed by atoms with Gasteiger partial charge in [0.1, 0.15) is 5.82 Å². The molecule has 0 spiro atoms. The van der Waals surface area contributed by atoms with Crippen molar-refractivity contribution in [1.29, 1.82) is 0 Å². The molecule has 0 fully saturated rings. The summed E-state index contributed by atoms with van der Waals surface area (Å²) in [5, 5.41) is 4.12. The van der Waals surface area contributed by atoms with Crippen molar-refractivity contribution in [2.24, 2.45) is 0 Å². The molecule has 2 heterocycles. The van der Waals surface area contributed by atoms with Gasteiger partial charge < -0.3 is 0 Å². The molecule has 2 aromatic carbocycles. The fourth-order valence-corrected chi connectivity index (χ4v) is 3.57. The van der Waals surface area contributed by atoms with E-state index in [9.17, 15) is 14.0 Å². The zero-order valence-corrected chi connectivity index (χ0v) is 15.8. The van der Waals surface area contributed by atoms with E-state index < -0.39 is 11.8 Å². The van der Waals surface area contributed by atoms with Crippen molar-refractivity contribution in [3.05, 3.63) is 95.4 Å². The molecule has 0 atom stereocenters. The van der Waals surface area contributed by atoms with Crippen LogP contribution >= 0.6 is 11.3 Å². The molecule has 0 aliphatic carbocycles. The van der Waals surface area contributed by atoms with E-state index in [0.29, 0.717) is 10.4 Å². The van der Waals surface area contributed by atoms with E-state index in [1.807, 2.05) is 6.07 Å². The molecule has 2 aromatic heterocycles. The van der Waals surface area contributed by atoms with Gasteiger partial charge in [-0.2, -0.15) is 5.10 Å². The van der Waals surface area contributed by atoms with E-state index in [1.54, 1.807) is 65.6 Å². The van der Waals surface area contributed by atoms with Crippen LogP contribution in [0.1, 0.15) is 20.0 Å². The number of carbonyl (C=O) groups is 2. The fourth-order valence-electron chi connectivity index (χ4n) is 2.66. The summed E-state index contributed by atoms with van der Waals surface area (Å²) in [6, 6.07) is 18.1. The van der Waals surface area contributed by atoms with Crippen molar-refractivity contribution in [3.8, 4) is 16.1 Å². The Morgan fingerprint density at radius 2 is 1.62 bits per heavy atom. The molecule has 4 rings (SSSR count). The Morgan fingerprint density at radius 3 is 2.31 bits per heavy atom.